The molecule has 0 radical (unpaired) electrons. The van der Waals surface area contributed by atoms with Crippen molar-refractivity contribution in [1.82, 2.24) is 5.32 Å². The van der Waals surface area contributed by atoms with E-state index in [0.29, 0.717) is 6.42 Å². The summed E-state index contributed by atoms with van der Waals surface area (Å²) in [5.41, 5.74) is 5.26. The first-order valence-corrected chi connectivity index (χ1v) is 9.63. The molecule has 1 aromatic carbocycles. The van der Waals surface area contributed by atoms with E-state index in [9.17, 15) is 18.0 Å². The molecule has 0 bridgehead atoms. The quantitative estimate of drug-likeness (QED) is 0.678. The van der Waals surface area contributed by atoms with E-state index in [1.54, 1.807) is 27.7 Å². The normalized spacial score (nSPS) is 13.0. The molecule has 0 heterocycles. The van der Waals surface area contributed by atoms with Gasteiger partial charge in [0.25, 0.3) is 0 Å². The van der Waals surface area contributed by atoms with Crippen LogP contribution < -0.4 is 16.4 Å². The maximum absolute atomic E-state index is 12.4. The minimum absolute atomic E-state index is 0.0505. The van der Waals surface area contributed by atoms with Gasteiger partial charge < -0.3 is 21.1 Å². The fraction of sp³-hybridized carbons (Fsp3) is 0.500. The zero-order chi connectivity index (χ0) is 19.4. The first kappa shape index (κ1) is 20.8. The minimum atomic E-state index is -3.52. The molecule has 0 spiro atoms. The third kappa shape index (κ3) is 6.26. The van der Waals surface area contributed by atoms with Gasteiger partial charge in [-0.1, -0.05) is 13.0 Å². The first-order valence-electron chi connectivity index (χ1n) is 7.74. The number of nitrogen functional groups attached to an aromatic ring is 1. The van der Waals surface area contributed by atoms with E-state index in [4.69, 9.17) is 10.5 Å². The van der Waals surface area contributed by atoms with E-state index in [-0.39, 0.29) is 16.3 Å². The number of benzene rings is 1. The molecule has 0 aliphatic heterocycles. The molecule has 1 aromatic rings. The Morgan fingerprint density at radius 1 is 1.28 bits per heavy atom. The van der Waals surface area contributed by atoms with Gasteiger partial charge in [-0.2, -0.15) is 0 Å². The molecule has 9 heteroatoms. The summed E-state index contributed by atoms with van der Waals surface area (Å²) in [5, 5.41) is 5.02. The number of hydrogen-bond acceptors (Lipinski definition) is 6. The van der Waals surface area contributed by atoms with Gasteiger partial charge in [0, 0.05) is 6.26 Å². The van der Waals surface area contributed by atoms with Crippen LogP contribution in [0.1, 0.15) is 34.1 Å². The highest BCUT2D eigenvalue weighted by molar-refractivity contribution is 7.90. The van der Waals surface area contributed by atoms with Gasteiger partial charge in [0.2, 0.25) is 5.91 Å². The summed E-state index contributed by atoms with van der Waals surface area (Å²) in [6, 6.07) is 3.47. The number of hydrogen-bond donors (Lipinski definition) is 3. The predicted octanol–water partition coefficient (Wildman–Crippen LogP) is 1.91. The number of amides is 2. The Hall–Kier alpha value is -2.29. The van der Waals surface area contributed by atoms with Gasteiger partial charge in [-0.3, -0.25) is 4.79 Å². The van der Waals surface area contributed by atoms with E-state index in [2.05, 4.69) is 10.6 Å². The van der Waals surface area contributed by atoms with Crippen molar-refractivity contribution in [3.05, 3.63) is 18.2 Å². The molecule has 0 saturated carbocycles. The lowest BCUT2D eigenvalue weighted by Gasteiger charge is -2.23. The van der Waals surface area contributed by atoms with Gasteiger partial charge in [-0.25, -0.2) is 13.2 Å². The predicted molar refractivity (Wildman–Crippen MR) is 96.0 cm³/mol. The number of alkyl carbamates (subject to hydrolysis) is 1. The molecule has 0 fully saturated rings. The molecular weight excluding hydrogens is 346 g/mol. The first-order chi connectivity index (χ1) is 11.3. The monoisotopic (exact) mass is 371 g/mol. The highest BCUT2D eigenvalue weighted by atomic mass is 32.2. The Labute approximate surface area is 148 Å². The smallest absolute Gasteiger partial charge is 0.408 e. The third-order valence-electron chi connectivity index (χ3n) is 3.14. The van der Waals surface area contributed by atoms with E-state index < -0.39 is 33.5 Å². The van der Waals surface area contributed by atoms with Gasteiger partial charge >= 0.3 is 6.09 Å². The highest BCUT2D eigenvalue weighted by Crippen LogP contribution is 2.26. The van der Waals surface area contributed by atoms with Crippen LogP contribution in [0.3, 0.4) is 0 Å². The maximum atomic E-state index is 12.4. The zero-order valence-electron chi connectivity index (χ0n) is 15.0. The van der Waals surface area contributed by atoms with Crippen LogP contribution in [0.5, 0.6) is 0 Å². The van der Waals surface area contributed by atoms with Crippen LogP contribution >= 0.6 is 0 Å². The molecular formula is C16H25N3O5S. The molecule has 0 aromatic heterocycles. The van der Waals surface area contributed by atoms with Crippen molar-refractivity contribution in [1.29, 1.82) is 0 Å². The highest BCUT2D eigenvalue weighted by Gasteiger charge is 2.24. The SMILES string of the molecule is CC[C@H](NC(=O)OC(C)(C)C)C(=O)Nc1cccc(S(C)(=O)=O)c1N. The van der Waals surface area contributed by atoms with Crippen LogP contribution in [0.4, 0.5) is 16.2 Å². The number of nitrogens with one attached hydrogen (secondary N) is 2. The molecule has 140 valence electrons. The van der Waals surface area contributed by atoms with Crippen molar-refractivity contribution in [2.45, 2.75) is 50.7 Å². The molecule has 0 aliphatic rings. The Morgan fingerprint density at radius 3 is 2.36 bits per heavy atom. The maximum Gasteiger partial charge on any atom is 0.408 e. The number of anilines is 2. The lowest BCUT2D eigenvalue weighted by molar-refractivity contribution is -0.118. The summed E-state index contributed by atoms with van der Waals surface area (Å²) in [6.07, 6.45) is 0.632. The van der Waals surface area contributed by atoms with Gasteiger partial charge in [0.15, 0.2) is 9.84 Å². The number of rotatable bonds is 5. The van der Waals surface area contributed by atoms with Crippen LogP contribution in [0.15, 0.2) is 23.1 Å². The second kappa shape index (κ2) is 7.73. The topological polar surface area (TPSA) is 128 Å². The molecule has 0 unspecified atom stereocenters. The van der Waals surface area contributed by atoms with E-state index in [0.717, 1.165) is 6.26 Å². The van der Waals surface area contributed by atoms with Gasteiger partial charge in [-0.15, -0.1) is 0 Å². The second-order valence-corrected chi connectivity index (χ2v) is 8.57. The molecule has 0 saturated heterocycles. The number of carbonyl (C=O) groups is 2. The lowest BCUT2D eigenvalue weighted by Crippen LogP contribution is -2.45. The van der Waals surface area contributed by atoms with E-state index in [1.165, 1.54) is 18.2 Å². The molecule has 1 atom stereocenters. The zero-order valence-corrected chi connectivity index (χ0v) is 15.9. The standard InChI is InChI=1S/C16H25N3O5S/c1-6-10(19-15(21)24-16(2,3)4)14(20)18-11-8-7-9-12(13(11)17)25(5,22)23/h7-10H,6,17H2,1-5H3,(H,18,20)(H,19,21)/t10-/m0/s1. The third-order valence-corrected chi connectivity index (χ3v) is 4.29. The molecule has 25 heavy (non-hydrogen) atoms. The van der Waals surface area contributed by atoms with Crippen molar-refractivity contribution in [3.8, 4) is 0 Å². The van der Waals surface area contributed by atoms with Gasteiger partial charge in [-0.05, 0) is 39.3 Å². The van der Waals surface area contributed by atoms with Crippen molar-refractivity contribution in [2.24, 2.45) is 0 Å². The average Bonchev–Trinajstić information content (AvgIpc) is 2.43. The van der Waals surface area contributed by atoms with Crippen molar-refractivity contribution in [3.63, 3.8) is 0 Å². The number of sulfone groups is 1. The van der Waals surface area contributed by atoms with Crippen molar-refractivity contribution < 1.29 is 22.7 Å². The summed E-state index contributed by atoms with van der Waals surface area (Å²) in [6.45, 7) is 6.86. The fourth-order valence-electron chi connectivity index (χ4n) is 2.00. The largest absolute Gasteiger partial charge is 0.444 e. The minimum Gasteiger partial charge on any atom is -0.444 e. The molecule has 1 rings (SSSR count). The van der Waals surface area contributed by atoms with Crippen LogP contribution in [-0.4, -0.2) is 38.3 Å². The second-order valence-electron chi connectivity index (χ2n) is 6.59. The van der Waals surface area contributed by atoms with E-state index >= 15 is 0 Å². The molecule has 2 amide bonds. The number of para-hydroxylation sites is 1. The summed E-state index contributed by atoms with van der Waals surface area (Å²) >= 11 is 0. The Balaban J connectivity index is 2.92. The van der Waals surface area contributed by atoms with Crippen LogP contribution in [0.2, 0.25) is 0 Å². The van der Waals surface area contributed by atoms with Crippen LogP contribution in [-0.2, 0) is 19.4 Å². The van der Waals surface area contributed by atoms with Gasteiger partial charge in [0.05, 0.1) is 16.3 Å². The molecule has 0 aliphatic carbocycles. The van der Waals surface area contributed by atoms with Crippen molar-refractivity contribution >= 4 is 33.2 Å². The van der Waals surface area contributed by atoms with Crippen LogP contribution in [0, 0.1) is 0 Å². The summed E-state index contributed by atoms with van der Waals surface area (Å²) in [5.74, 6) is -0.522. The number of nitrogens with two attached hydrogens (primary N) is 1. The Bertz CT molecular complexity index is 754. The Morgan fingerprint density at radius 2 is 1.88 bits per heavy atom. The summed E-state index contributed by atoms with van der Waals surface area (Å²) in [7, 11) is -3.52. The van der Waals surface area contributed by atoms with Crippen LogP contribution in [0.25, 0.3) is 0 Å². The number of carbonyl (C=O) groups excluding carboxylic acids is 2. The Kier molecular flexibility index (Phi) is 6.42. The molecule has 4 N–H and O–H groups in total. The van der Waals surface area contributed by atoms with E-state index in [1.807, 2.05) is 0 Å². The summed E-state index contributed by atoms with van der Waals surface area (Å²) in [4.78, 5) is 24.1. The fourth-order valence-corrected chi connectivity index (χ4v) is 2.83. The molecule has 8 nitrogen and oxygen atoms in total. The van der Waals surface area contributed by atoms with Gasteiger partial charge in [0.1, 0.15) is 11.6 Å². The average molecular weight is 371 g/mol. The summed E-state index contributed by atoms with van der Waals surface area (Å²) < 4.78 is 28.5. The van der Waals surface area contributed by atoms with Crippen molar-refractivity contribution in [2.75, 3.05) is 17.3 Å². The number of ether oxygens (including phenoxy) is 1. The lowest BCUT2D eigenvalue weighted by atomic mass is 10.2.